The van der Waals surface area contributed by atoms with Gasteiger partial charge in [-0.25, -0.2) is 4.52 Å². The fourth-order valence-electron chi connectivity index (χ4n) is 2.21. The van der Waals surface area contributed by atoms with Crippen LogP contribution in [0.5, 0.6) is 0 Å². The summed E-state index contributed by atoms with van der Waals surface area (Å²) in [5, 5.41) is 25.3. The van der Waals surface area contributed by atoms with Crippen LogP contribution in [0.4, 0.5) is 5.69 Å². The number of fused-ring (bicyclic) bond motifs is 1. The number of nitrogens with zero attached hydrogens (tertiary/aromatic N) is 5. The molecule has 3 heterocycles. The van der Waals surface area contributed by atoms with Crippen molar-refractivity contribution in [3.63, 3.8) is 0 Å². The maximum Gasteiger partial charge on any atom is 0.111 e. The summed E-state index contributed by atoms with van der Waals surface area (Å²) in [6.45, 7) is 1.78. The van der Waals surface area contributed by atoms with Gasteiger partial charge in [0.2, 0.25) is 0 Å². The molecule has 1 atom stereocenters. The average molecular weight is 367 g/mol. The second kappa shape index (κ2) is 6.07. The zero-order valence-corrected chi connectivity index (χ0v) is 13.7. The predicted molar refractivity (Wildman–Crippen MR) is 89.5 cm³/mol. The van der Waals surface area contributed by atoms with Crippen LogP contribution in [0, 0.1) is 22.7 Å². The largest absolute Gasteiger partial charge is 0.369 e. The molecule has 0 radical (unpaired) electrons. The van der Waals surface area contributed by atoms with E-state index in [9.17, 15) is 0 Å². The minimum absolute atomic E-state index is 0.318. The van der Waals surface area contributed by atoms with Gasteiger partial charge in [0, 0.05) is 6.20 Å². The molecular weight excluding hydrogens is 356 g/mol. The van der Waals surface area contributed by atoms with Crippen LogP contribution in [0.2, 0.25) is 0 Å². The fourth-order valence-corrected chi connectivity index (χ4v) is 2.54. The van der Waals surface area contributed by atoms with Crippen molar-refractivity contribution in [3.8, 4) is 23.5 Å². The summed E-state index contributed by atoms with van der Waals surface area (Å²) >= 11 is 3.43. The molecule has 0 spiro atoms. The van der Waals surface area contributed by atoms with E-state index < -0.39 is 0 Å². The number of hydrogen-bond donors (Lipinski definition) is 1. The molecule has 0 saturated carbocycles. The molecule has 6 nitrogen and oxygen atoms in total. The summed E-state index contributed by atoms with van der Waals surface area (Å²) in [5.74, 6) is 0. The molecule has 0 amide bonds. The zero-order chi connectivity index (χ0) is 16.4. The third-order valence-corrected chi connectivity index (χ3v) is 3.94. The van der Waals surface area contributed by atoms with Crippen molar-refractivity contribution in [2.24, 2.45) is 0 Å². The zero-order valence-electron chi connectivity index (χ0n) is 12.2. The Morgan fingerprint density at radius 2 is 2.09 bits per heavy atom. The molecule has 0 aromatic carbocycles. The Morgan fingerprint density at radius 3 is 2.83 bits per heavy atom. The Labute approximate surface area is 141 Å². The summed E-state index contributed by atoms with van der Waals surface area (Å²) in [6, 6.07) is 11.3. The topological polar surface area (TPSA) is 89.8 Å². The van der Waals surface area contributed by atoms with E-state index in [1.165, 1.54) is 6.20 Å². The van der Waals surface area contributed by atoms with E-state index >= 15 is 0 Å². The van der Waals surface area contributed by atoms with Crippen LogP contribution < -0.4 is 5.32 Å². The standard InChI is InChI=1S/C16H11BrN6/c1-10(6-18)22-14-5-15(20-9-13(14)17)16-3-2-12-4-11(7-19)8-21-23(12)16/h2-5,8-10H,1H3,(H,20,22)/t10-/m1/s1. The van der Waals surface area contributed by atoms with E-state index in [0.717, 1.165) is 27.1 Å². The maximum atomic E-state index is 8.95. The van der Waals surface area contributed by atoms with Crippen LogP contribution in [-0.4, -0.2) is 20.6 Å². The Kier molecular flexibility index (Phi) is 3.96. The van der Waals surface area contributed by atoms with E-state index in [-0.39, 0.29) is 6.04 Å². The number of anilines is 1. The summed E-state index contributed by atoms with van der Waals surface area (Å²) in [4.78, 5) is 4.41. The highest BCUT2D eigenvalue weighted by Crippen LogP contribution is 2.28. The molecule has 3 rings (SSSR count). The Hall–Kier alpha value is -2.90. The number of hydrogen-bond acceptors (Lipinski definition) is 5. The summed E-state index contributed by atoms with van der Waals surface area (Å²) < 4.78 is 2.51. The fraction of sp³-hybridized carbons (Fsp3) is 0.125. The van der Waals surface area contributed by atoms with Crippen molar-refractivity contribution in [3.05, 3.63) is 46.7 Å². The number of nitrogens with one attached hydrogen (secondary N) is 1. The maximum absolute atomic E-state index is 8.95. The summed E-state index contributed by atoms with van der Waals surface area (Å²) in [7, 11) is 0. The van der Waals surface area contributed by atoms with Crippen molar-refractivity contribution in [2.45, 2.75) is 13.0 Å². The van der Waals surface area contributed by atoms with E-state index in [0.29, 0.717) is 5.56 Å². The van der Waals surface area contributed by atoms with E-state index in [1.54, 1.807) is 23.7 Å². The molecule has 0 aliphatic rings. The van der Waals surface area contributed by atoms with E-state index in [4.69, 9.17) is 10.5 Å². The average Bonchev–Trinajstić information content (AvgIpc) is 2.99. The number of aromatic nitrogens is 3. The molecule has 0 unspecified atom stereocenters. The van der Waals surface area contributed by atoms with Gasteiger partial charge in [0.15, 0.2) is 0 Å². The van der Waals surface area contributed by atoms with Crippen molar-refractivity contribution < 1.29 is 0 Å². The molecule has 112 valence electrons. The number of nitriles is 2. The van der Waals surface area contributed by atoms with Gasteiger partial charge in [-0.2, -0.15) is 15.6 Å². The lowest BCUT2D eigenvalue weighted by Gasteiger charge is -2.11. The summed E-state index contributed by atoms with van der Waals surface area (Å²) in [5.41, 5.74) is 3.65. The van der Waals surface area contributed by atoms with Crippen LogP contribution in [0.1, 0.15) is 12.5 Å². The normalized spacial score (nSPS) is 11.7. The highest BCUT2D eigenvalue weighted by molar-refractivity contribution is 9.10. The minimum Gasteiger partial charge on any atom is -0.369 e. The molecule has 1 N–H and O–H groups in total. The first-order chi connectivity index (χ1) is 11.1. The lowest BCUT2D eigenvalue weighted by molar-refractivity contribution is 0.938. The van der Waals surface area contributed by atoms with Crippen molar-refractivity contribution in [1.29, 1.82) is 10.5 Å². The van der Waals surface area contributed by atoms with Crippen LogP contribution in [0.15, 0.2) is 41.1 Å². The lowest BCUT2D eigenvalue weighted by Crippen LogP contribution is -2.12. The number of halogens is 1. The SMILES string of the molecule is C[C@H](C#N)Nc1cc(-c2ccc3cc(C#N)cnn23)ncc1Br. The molecular formula is C16H11BrN6. The number of pyridine rings is 1. The Bertz CT molecular complexity index is 963. The van der Waals surface area contributed by atoms with Gasteiger partial charge in [-0.3, -0.25) is 4.98 Å². The van der Waals surface area contributed by atoms with Gasteiger partial charge in [0.1, 0.15) is 12.1 Å². The van der Waals surface area contributed by atoms with Crippen molar-refractivity contribution >= 4 is 27.1 Å². The van der Waals surface area contributed by atoms with E-state index in [1.807, 2.05) is 18.2 Å². The lowest BCUT2D eigenvalue weighted by atomic mass is 10.2. The van der Waals surface area contributed by atoms with Gasteiger partial charge in [-0.1, -0.05) is 0 Å². The van der Waals surface area contributed by atoms with Gasteiger partial charge in [-0.05, 0) is 47.1 Å². The molecule has 7 heteroatoms. The first-order valence-electron chi connectivity index (χ1n) is 6.82. The Morgan fingerprint density at radius 1 is 1.26 bits per heavy atom. The molecule has 0 aliphatic heterocycles. The van der Waals surface area contributed by atoms with E-state index in [2.05, 4.69) is 43.5 Å². The molecule has 3 aromatic heterocycles. The van der Waals surface area contributed by atoms with Crippen LogP contribution >= 0.6 is 15.9 Å². The first-order valence-corrected chi connectivity index (χ1v) is 7.61. The molecule has 0 fully saturated rings. The van der Waals surface area contributed by atoms with Gasteiger partial charge in [-0.15, -0.1) is 0 Å². The van der Waals surface area contributed by atoms with Gasteiger partial charge >= 0.3 is 0 Å². The molecule has 0 bridgehead atoms. The molecule has 23 heavy (non-hydrogen) atoms. The Balaban J connectivity index is 2.07. The first kappa shape index (κ1) is 15.0. The van der Waals surface area contributed by atoms with Crippen molar-refractivity contribution in [2.75, 3.05) is 5.32 Å². The van der Waals surface area contributed by atoms with Crippen LogP contribution in [0.25, 0.3) is 16.9 Å². The quantitative estimate of drug-likeness (QED) is 0.767. The minimum atomic E-state index is -0.318. The smallest absolute Gasteiger partial charge is 0.111 e. The third kappa shape index (κ3) is 2.87. The molecule has 0 saturated heterocycles. The molecule has 0 aliphatic carbocycles. The van der Waals surface area contributed by atoms with Crippen molar-refractivity contribution in [1.82, 2.24) is 14.6 Å². The van der Waals surface area contributed by atoms with Gasteiger partial charge < -0.3 is 5.32 Å². The second-order valence-corrected chi connectivity index (χ2v) is 5.81. The van der Waals surface area contributed by atoms with Gasteiger partial charge in [0.05, 0.1) is 44.9 Å². The highest BCUT2D eigenvalue weighted by atomic mass is 79.9. The second-order valence-electron chi connectivity index (χ2n) is 4.96. The highest BCUT2D eigenvalue weighted by Gasteiger charge is 2.11. The van der Waals surface area contributed by atoms with Crippen LogP contribution in [-0.2, 0) is 0 Å². The molecule has 3 aromatic rings. The van der Waals surface area contributed by atoms with Crippen LogP contribution in [0.3, 0.4) is 0 Å². The monoisotopic (exact) mass is 366 g/mol. The third-order valence-electron chi connectivity index (χ3n) is 3.31. The predicted octanol–water partition coefficient (Wildman–Crippen LogP) is 3.35. The summed E-state index contributed by atoms with van der Waals surface area (Å²) in [6.07, 6.45) is 3.21. The van der Waals surface area contributed by atoms with Gasteiger partial charge in [0.25, 0.3) is 0 Å². The number of rotatable bonds is 3.